The third-order valence-corrected chi connectivity index (χ3v) is 5.90. The first kappa shape index (κ1) is 19.9. The van der Waals surface area contributed by atoms with Crippen LogP contribution in [0.5, 0.6) is 0 Å². The van der Waals surface area contributed by atoms with E-state index in [1.165, 1.54) is 9.13 Å². The number of halogens is 1. The number of rotatable bonds is 4. The number of aryl methyl sites for hydroxylation is 2. The second-order valence-corrected chi connectivity index (χ2v) is 8.34. The normalized spacial score (nSPS) is 15.9. The highest BCUT2D eigenvalue weighted by molar-refractivity contribution is 9.10. The maximum atomic E-state index is 13.2. The molecule has 3 aromatic rings. The van der Waals surface area contributed by atoms with E-state index < -0.39 is 0 Å². The van der Waals surface area contributed by atoms with Gasteiger partial charge in [-0.1, -0.05) is 28.1 Å². The van der Waals surface area contributed by atoms with Gasteiger partial charge < -0.3 is 9.47 Å². The average Bonchev–Trinajstić information content (AvgIpc) is 3.03. The first-order chi connectivity index (χ1) is 13.8. The van der Waals surface area contributed by atoms with E-state index in [1.807, 2.05) is 24.3 Å². The Balaban J connectivity index is 1.74. The zero-order valence-electron chi connectivity index (χ0n) is 16.7. The van der Waals surface area contributed by atoms with Gasteiger partial charge in [-0.3, -0.25) is 19.4 Å². The first-order valence-electron chi connectivity index (χ1n) is 9.46. The Morgan fingerprint density at radius 1 is 1.00 bits per heavy atom. The van der Waals surface area contributed by atoms with Crippen molar-refractivity contribution in [2.24, 2.45) is 14.1 Å². The highest BCUT2D eigenvalue weighted by Crippen LogP contribution is 2.15. The Kier molecular flexibility index (Phi) is 5.32. The summed E-state index contributed by atoms with van der Waals surface area (Å²) in [5.74, 6) is 0.554. The van der Waals surface area contributed by atoms with Crippen molar-refractivity contribution in [3.63, 3.8) is 0 Å². The Morgan fingerprint density at radius 2 is 1.66 bits per heavy atom. The standard InChI is InChI=1S/C19H24BrN7O2/c1-23-8-10-26(11-9-23)22-18-21-16-15(24(18)2)17(28)27(19(29)25(16)3)12-13-4-6-14(20)7-5-13/h4-7H,8-12H2,1-3H3,(H,21,22). The molecule has 1 aliphatic heterocycles. The van der Waals surface area contributed by atoms with Crippen LogP contribution in [-0.2, 0) is 20.6 Å². The maximum Gasteiger partial charge on any atom is 0.332 e. The molecule has 0 aliphatic carbocycles. The van der Waals surface area contributed by atoms with Gasteiger partial charge in [0, 0.05) is 44.7 Å². The molecule has 2 aromatic heterocycles. The predicted molar refractivity (Wildman–Crippen MR) is 116 cm³/mol. The molecule has 0 radical (unpaired) electrons. The van der Waals surface area contributed by atoms with Crippen molar-refractivity contribution in [2.75, 3.05) is 38.7 Å². The summed E-state index contributed by atoms with van der Waals surface area (Å²) in [6.45, 7) is 3.82. The molecule has 0 bridgehead atoms. The topological polar surface area (TPSA) is 80.3 Å². The summed E-state index contributed by atoms with van der Waals surface area (Å²) in [6, 6.07) is 7.57. The quantitative estimate of drug-likeness (QED) is 0.619. The summed E-state index contributed by atoms with van der Waals surface area (Å²) >= 11 is 3.40. The fourth-order valence-electron chi connectivity index (χ4n) is 3.51. The van der Waals surface area contributed by atoms with E-state index in [9.17, 15) is 9.59 Å². The smallest absolute Gasteiger partial charge is 0.306 e. The molecule has 1 N–H and O–H groups in total. The van der Waals surface area contributed by atoms with Crippen LogP contribution in [0.4, 0.5) is 5.95 Å². The number of aromatic nitrogens is 4. The molecule has 0 unspecified atom stereocenters. The van der Waals surface area contributed by atoms with E-state index in [-0.39, 0.29) is 17.8 Å². The number of nitrogens with zero attached hydrogens (tertiary/aromatic N) is 6. The molecular weight excluding hydrogens is 438 g/mol. The molecular formula is C19H24BrN7O2. The minimum atomic E-state index is -0.380. The number of piperazine rings is 1. The van der Waals surface area contributed by atoms with Crippen LogP contribution in [0.1, 0.15) is 5.56 Å². The number of hydrogen-bond acceptors (Lipinski definition) is 6. The van der Waals surface area contributed by atoms with Crippen molar-refractivity contribution in [3.8, 4) is 0 Å². The lowest BCUT2D eigenvalue weighted by Crippen LogP contribution is -2.47. The molecule has 29 heavy (non-hydrogen) atoms. The monoisotopic (exact) mass is 461 g/mol. The zero-order valence-corrected chi connectivity index (χ0v) is 18.3. The number of benzene rings is 1. The number of imidazole rings is 1. The van der Waals surface area contributed by atoms with Crippen LogP contribution in [0.3, 0.4) is 0 Å². The predicted octanol–water partition coefficient (Wildman–Crippen LogP) is 0.819. The molecule has 154 valence electrons. The van der Waals surface area contributed by atoms with Crippen LogP contribution < -0.4 is 16.7 Å². The van der Waals surface area contributed by atoms with E-state index in [2.05, 4.69) is 43.3 Å². The van der Waals surface area contributed by atoms with E-state index >= 15 is 0 Å². The second-order valence-electron chi connectivity index (χ2n) is 7.43. The van der Waals surface area contributed by atoms with E-state index in [0.717, 1.165) is 36.2 Å². The molecule has 9 nitrogen and oxygen atoms in total. The minimum absolute atomic E-state index is 0.209. The summed E-state index contributed by atoms with van der Waals surface area (Å²) in [7, 11) is 5.54. The lowest BCUT2D eigenvalue weighted by Gasteiger charge is -2.32. The summed E-state index contributed by atoms with van der Waals surface area (Å²) in [5.41, 5.74) is 4.24. The van der Waals surface area contributed by atoms with Crippen LogP contribution in [0.2, 0.25) is 0 Å². The van der Waals surface area contributed by atoms with Gasteiger partial charge >= 0.3 is 5.69 Å². The Morgan fingerprint density at radius 3 is 2.31 bits per heavy atom. The summed E-state index contributed by atoms with van der Waals surface area (Å²) in [5, 5.41) is 2.08. The summed E-state index contributed by atoms with van der Waals surface area (Å²) in [4.78, 5) is 32.8. The van der Waals surface area contributed by atoms with Crippen molar-refractivity contribution in [1.29, 1.82) is 0 Å². The van der Waals surface area contributed by atoms with Gasteiger partial charge in [-0.25, -0.2) is 9.80 Å². The van der Waals surface area contributed by atoms with Gasteiger partial charge in [0.2, 0.25) is 5.95 Å². The van der Waals surface area contributed by atoms with Gasteiger partial charge in [0.25, 0.3) is 5.56 Å². The lowest BCUT2D eigenvalue weighted by molar-refractivity contribution is 0.177. The molecule has 1 aliphatic rings. The third kappa shape index (κ3) is 3.75. The maximum absolute atomic E-state index is 13.2. The molecule has 10 heteroatoms. The number of fused-ring (bicyclic) bond motifs is 1. The van der Waals surface area contributed by atoms with Crippen LogP contribution in [0, 0.1) is 0 Å². The molecule has 0 saturated carbocycles. The van der Waals surface area contributed by atoms with Crippen molar-refractivity contribution >= 4 is 33.0 Å². The van der Waals surface area contributed by atoms with Gasteiger partial charge in [-0.2, -0.15) is 4.98 Å². The fourth-order valence-corrected chi connectivity index (χ4v) is 3.78. The fraction of sp³-hybridized carbons (Fsp3) is 0.421. The molecule has 0 atom stereocenters. The SMILES string of the molecule is CN1CCN(Nc2nc3c(c(=O)n(Cc4ccc(Br)cc4)c(=O)n3C)n2C)CC1. The van der Waals surface area contributed by atoms with E-state index in [4.69, 9.17) is 0 Å². The molecule has 0 spiro atoms. The zero-order chi connectivity index (χ0) is 20.7. The first-order valence-corrected chi connectivity index (χ1v) is 10.3. The number of hydrazine groups is 1. The second kappa shape index (κ2) is 7.77. The van der Waals surface area contributed by atoms with Gasteiger partial charge in [0.15, 0.2) is 11.2 Å². The molecule has 1 fully saturated rings. The lowest BCUT2D eigenvalue weighted by atomic mass is 10.2. The highest BCUT2D eigenvalue weighted by atomic mass is 79.9. The largest absolute Gasteiger partial charge is 0.332 e. The van der Waals surface area contributed by atoms with Gasteiger partial charge in [-0.15, -0.1) is 0 Å². The van der Waals surface area contributed by atoms with Crippen molar-refractivity contribution < 1.29 is 0 Å². The average molecular weight is 462 g/mol. The van der Waals surface area contributed by atoms with Crippen molar-refractivity contribution in [1.82, 2.24) is 28.6 Å². The third-order valence-electron chi connectivity index (χ3n) is 5.38. The molecule has 1 saturated heterocycles. The minimum Gasteiger partial charge on any atom is -0.306 e. The van der Waals surface area contributed by atoms with Gasteiger partial charge in [0.05, 0.1) is 6.54 Å². The van der Waals surface area contributed by atoms with Crippen LogP contribution >= 0.6 is 15.9 Å². The number of anilines is 1. The van der Waals surface area contributed by atoms with Crippen LogP contribution in [-0.4, -0.2) is 61.8 Å². The number of likely N-dealkylation sites (N-methyl/N-ethyl adjacent to an activating group) is 1. The molecule has 3 heterocycles. The molecule has 1 aromatic carbocycles. The Hall–Kier alpha value is -2.43. The number of nitrogens with one attached hydrogen (secondary N) is 1. The van der Waals surface area contributed by atoms with Crippen LogP contribution in [0.25, 0.3) is 11.2 Å². The van der Waals surface area contributed by atoms with Crippen molar-refractivity contribution in [2.45, 2.75) is 6.54 Å². The Labute approximate surface area is 176 Å². The van der Waals surface area contributed by atoms with Crippen molar-refractivity contribution in [3.05, 3.63) is 55.1 Å². The Bertz CT molecular complexity index is 1150. The summed E-state index contributed by atoms with van der Waals surface area (Å²) in [6.07, 6.45) is 0. The highest BCUT2D eigenvalue weighted by Gasteiger charge is 2.21. The van der Waals surface area contributed by atoms with Crippen LogP contribution in [0.15, 0.2) is 38.3 Å². The number of hydrogen-bond donors (Lipinski definition) is 1. The van der Waals surface area contributed by atoms with E-state index in [1.54, 1.807) is 18.7 Å². The molecule has 4 rings (SSSR count). The summed E-state index contributed by atoms with van der Waals surface area (Å²) < 4.78 is 5.37. The molecule has 0 amide bonds. The van der Waals surface area contributed by atoms with Gasteiger partial charge in [0.1, 0.15) is 0 Å². The van der Waals surface area contributed by atoms with Gasteiger partial charge in [-0.05, 0) is 24.7 Å². The van der Waals surface area contributed by atoms with E-state index in [0.29, 0.717) is 17.1 Å².